The summed E-state index contributed by atoms with van der Waals surface area (Å²) >= 11 is 0. The molecule has 0 N–H and O–H groups in total. The third kappa shape index (κ3) is 3.41. The number of cyclic esters (lactones) is 1. The smallest absolute Gasteiger partial charge is 0.343 e. The fourth-order valence-corrected chi connectivity index (χ4v) is 2.51. The number of rotatable bonds is 5. The first-order valence-electron chi connectivity index (χ1n) is 7.64. The summed E-state index contributed by atoms with van der Waals surface area (Å²) < 4.78 is 15.4. The van der Waals surface area contributed by atoms with Crippen molar-refractivity contribution >= 4 is 23.5 Å². The zero-order chi connectivity index (χ0) is 18.7. The van der Waals surface area contributed by atoms with Gasteiger partial charge >= 0.3 is 11.7 Å². The number of hydrogen-bond donors (Lipinski definition) is 0. The van der Waals surface area contributed by atoms with Gasteiger partial charge in [0, 0.05) is 11.6 Å². The van der Waals surface area contributed by atoms with E-state index in [4.69, 9.17) is 14.2 Å². The van der Waals surface area contributed by atoms with E-state index in [0.29, 0.717) is 22.6 Å². The Balaban J connectivity index is 1.93. The van der Waals surface area contributed by atoms with Crippen LogP contribution >= 0.6 is 0 Å². The largest absolute Gasteiger partial charge is 0.497 e. The maximum absolute atomic E-state index is 12.1. The van der Waals surface area contributed by atoms with Crippen molar-refractivity contribution in [2.45, 2.75) is 0 Å². The van der Waals surface area contributed by atoms with Gasteiger partial charge in [0.1, 0.15) is 11.5 Å². The number of nitro benzene ring substituents is 1. The van der Waals surface area contributed by atoms with Crippen molar-refractivity contribution in [3.63, 3.8) is 0 Å². The lowest BCUT2D eigenvalue weighted by atomic mass is 10.1. The lowest BCUT2D eigenvalue weighted by Gasteiger charge is -2.03. The van der Waals surface area contributed by atoms with E-state index >= 15 is 0 Å². The Morgan fingerprint density at radius 2 is 1.81 bits per heavy atom. The van der Waals surface area contributed by atoms with Gasteiger partial charge in [0.25, 0.3) is 0 Å². The molecule has 0 bridgehead atoms. The molecule has 1 aliphatic rings. The molecule has 0 fully saturated rings. The topological polar surface area (TPSA) is 87.9 Å². The Morgan fingerprint density at radius 3 is 2.42 bits per heavy atom. The van der Waals surface area contributed by atoms with Crippen LogP contribution in [0, 0.1) is 10.1 Å². The van der Waals surface area contributed by atoms with Crippen LogP contribution in [0.5, 0.6) is 11.5 Å². The molecule has 0 unspecified atom stereocenters. The molecule has 0 saturated heterocycles. The number of ether oxygens (including phenoxy) is 3. The SMILES string of the molecule is COc1ccc(C2=C/C(=C/c3ccc(OC)c([N+](=O)[O-])c3)C(=O)O2)cc1. The first kappa shape index (κ1) is 17.2. The van der Waals surface area contributed by atoms with E-state index in [1.807, 2.05) is 0 Å². The summed E-state index contributed by atoms with van der Waals surface area (Å²) in [6, 6.07) is 11.5. The number of hydrogen-bond acceptors (Lipinski definition) is 6. The minimum absolute atomic E-state index is 0.153. The fraction of sp³-hybridized carbons (Fsp3) is 0.105. The predicted octanol–water partition coefficient (Wildman–Crippen LogP) is 3.59. The Hall–Kier alpha value is -3.61. The summed E-state index contributed by atoms with van der Waals surface area (Å²) in [7, 11) is 2.93. The van der Waals surface area contributed by atoms with Crippen molar-refractivity contribution in [2.75, 3.05) is 14.2 Å². The maximum atomic E-state index is 12.1. The van der Waals surface area contributed by atoms with Crippen LogP contribution in [0.2, 0.25) is 0 Å². The number of methoxy groups -OCH3 is 2. The predicted molar refractivity (Wildman–Crippen MR) is 94.7 cm³/mol. The third-order valence-corrected chi connectivity index (χ3v) is 3.82. The molecule has 0 amide bonds. The minimum atomic E-state index is -0.535. The van der Waals surface area contributed by atoms with Crippen LogP contribution in [0.3, 0.4) is 0 Å². The highest BCUT2D eigenvalue weighted by Crippen LogP contribution is 2.31. The van der Waals surface area contributed by atoms with Gasteiger partial charge in [-0.2, -0.15) is 0 Å². The highest BCUT2D eigenvalue weighted by molar-refractivity contribution is 6.05. The van der Waals surface area contributed by atoms with Crippen LogP contribution in [0.25, 0.3) is 11.8 Å². The number of esters is 1. The maximum Gasteiger partial charge on any atom is 0.343 e. The first-order valence-corrected chi connectivity index (χ1v) is 7.64. The van der Waals surface area contributed by atoms with Crippen molar-refractivity contribution in [1.82, 2.24) is 0 Å². The highest BCUT2D eigenvalue weighted by atomic mass is 16.6. The molecule has 0 radical (unpaired) electrons. The molecule has 0 atom stereocenters. The molecule has 3 rings (SSSR count). The molecule has 2 aromatic rings. The van der Waals surface area contributed by atoms with Crippen molar-refractivity contribution in [3.8, 4) is 11.5 Å². The van der Waals surface area contributed by atoms with Crippen LogP contribution in [0.15, 0.2) is 54.1 Å². The van der Waals surface area contributed by atoms with E-state index in [0.717, 1.165) is 5.56 Å². The Bertz CT molecular complexity index is 928. The van der Waals surface area contributed by atoms with Gasteiger partial charge in [0.05, 0.1) is 24.7 Å². The summed E-state index contributed by atoms with van der Waals surface area (Å²) in [6.07, 6.45) is 3.13. The van der Waals surface area contributed by atoms with Gasteiger partial charge in [-0.05, 0) is 48.0 Å². The van der Waals surface area contributed by atoms with Crippen molar-refractivity contribution in [3.05, 3.63) is 75.4 Å². The molecule has 7 nitrogen and oxygen atoms in total. The highest BCUT2D eigenvalue weighted by Gasteiger charge is 2.23. The van der Waals surface area contributed by atoms with E-state index < -0.39 is 10.9 Å². The van der Waals surface area contributed by atoms with E-state index in [-0.39, 0.29) is 11.4 Å². The molecule has 7 heteroatoms. The molecule has 1 heterocycles. The van der Waals surface area contributed by atoms with Crippen LogP contribution in [0.4, 0.5) is 5.69 Å². The first-order chi connectivity index (χ1) is 12.5. The van der Waals surface area contributed by atoms with Crippen LogP contribution in [-0.2, 0) is 9.53 Å². The van der Waals surface area contributed by atoms with E-state index in [9.17, 15) is 14.9 Å². The van der Waals surface area contributed by atoms with Gasteiger partial charge in [-0.15, -0.1) is 0 Å². The molecule has 0 aromatic heterocycles. The van der Waals surface area contributed by atoms with Gasteiger partial charge in [-0.3, -0.25) is 10.1 Å². The molecule has 2 aromatic carbocycles. The number of carbonyl (C=O) groups is 1. The fourth-order valence-electron chi connectivity index (χ4n) is 2.51. The number of carbonyl (C=O) groups excluding carboxylic acids is 1. The second kappa shape index (κ2) is 7.10. The molecule has 26 heavy (non-hydrogen) atoms. The summed E-state index contributed by atoms with van der Waals surface area (Å²) in [5.74, 6) is 0.738. The van der Waals surface area contributed by atoms with E-state index in [1.165, 1.54) is 25.3 Å². The number of nitrogens with zero attached hydrogens (tertiary/aromatic N) is 1. The average Bonchev–Trinajstić information content (AvgIpc) is 3.02. The van der Waals surface area contributed by atoms with Crippen molar-refractivity contribution < 1.29 is 23.9 Å². The molecule has 1 aliphatic heterocycles. The molecule has 132 valence electrons. The lowest BCUT2D eigenvalue weighted by Crippen LogP contribution is -1.98. The Morgan fingerprint density at radius 1 is 1.08 bits per heavy atom. The lowest BCUT2D eigenvalue weighted by molar-refractivity contribution is -0.385. The zero-order valence-corrected chi connectivity index (χ0v) is 14.1. The summed E-state index contributed by atoms with van der Waals surface area (Å²) in [4.78, 5) is 22.7. The van der Waals surface area contributed by atoms with E-state index in [2.05, 4.69) is 0 Å². The van der Waals surface area contributed by atoms with E-state index in [1.54, 1.807) is 43.5 Å². The Labute approximate surface area is 149 Å². The minimum Gasteiger partial charge on any atom is -0.497 e. The molecular weight excluding hydrogens is 338 g/mol. The zero-order valence-electron chi connectivity index (χ0n) is 14.1. The second-order valence-electron chi connectivity index (χ2n) is 5.41. The molecular formula is C19H15NO6. The summed E-state index contributed by atoms with van der Waals surface area (Å²) in [5, 5.41) is 11.1. The van der Waals surface area contributed by atoms with Gasteiger partial charge in [0.2, 0.25) is 0 Å². The van der Waals surface area contributed by atoms with Gasteiger partial charge in [0.15, 0.2) is 5.75 Å². The number of benzene rings is 2. The number of nitro groups is 1. The van der Waals surface area contributed by atoms with Gasteiger partial charge < -0.3 is 14.2 Å². The van der Waals surface area contributed by atoms with Crippen LogP contribution in [-0.4, -0.2) is 25.1 Å². The molecule has 0 spiro atoms. The quantitative estimate of drug-likeness (QED) is 0.353. The van der Waals surface area contributed by atoms with Gasteiger partial charge in [-0.1, -0.05) is 6.07 Å². The average molecular weight is 353 g/mol. The summed E-state index contributed by atoms with van der Waals surface area (Å²) in [6.45, 7) is 0. The van der Waals surface area contributed by atoms with Crippen LogP contribution < -0.4 is 9.47 Å². The monoisotopic (exact) mass is 353 g/mol. The third-order valence-electron chi connectivity index (χ3n) is 3.82. The second-order valence-corrected chi connectivity index (χ2v) is 5.41. The normalized spacial score (nSPS) is 14.8. The Kier molecular flexibility index (Phi) is 4.70. The van der Waals surface area contributed by atoms with Crippen LogP contribution in [0.1, 0.15) is 11.1 Å². The van der Waals surface area contributed by atoms with Crippen molar-refractivity contribution in [2.24, 2.45) is 0 Å². The molecule has 0 saturated carbocycles. The standard InChI is InChI=1S/C19H15NO6/c1-24-15-6-4-13(5-7-15)18-11-14(19(21)26-18)9-12-3-8-17(25-2)16(10-12)20(22)23/h3-11H,1-2H3/b14-9-. The summed E-state index contributed by atoms with van der Waals surface area (Å²) in [5.41, 5.74) is 1.35. The molecule has 0 aliphatic carbocycles. The van der Waals surface area contributed by atoms with Gasteiger partial charge in [-0.25, -0.2) is 4.79 Å². The van der Waals surface area contributed by atoms with Crippen molar-refractivity contribution in [1.29, 1.82) is 0 Å².